The summed E-state index contributed by atoms with van der Waals surface area (Å²) in [5, 5.41) is 2.72. The minimum Gasteiger partial charge on any atom is -0.345 e. The van der Waals surface area contributed by atoms with Gasteiger partial charge in [0.05, 0.1) is 18.3 Å². The van der Waals surface area contributed by atoms with Crippen LogP contribution in [0.15, 0.2) is 76.9 Å². The number of aromatic nitrogens is 3. The topological polar surface area (TPSA) is 127 Å². The van der Waals surface area contributed by atoms with E-state index >= 15 is 0 Å². The number of amides is 2. The highest BCUT2D eigenvalue weighted by Crippen LogP contribution is 2.32. The Hall–Kier alpha value is -4.73. The van der Waals surface area contributed by atoms with Crippen molar-refractivity contribution in [2.75, 3.05) is 14.1 Å². The molecule has 2 amide bonds. The SMILES string of the molecule is CC(C)Cc1cccc2c1N=C(Cn1cccc(CC(=O)[C@H](CC/C=C/C(=O)N(C)C)NC(=O)c3ncccn3)c1=O)C2. The van der Waals surface area contributed by atoms with Crippen LogP contribution in [-0.2, 0) is 35.4 Å². The molecule has 3 aromatic rings. The van der Waals surface area contributed by atoms with E-state index < -0.39 is 11.9 Å². The third-order valence-corrected chi connectivity index (χ3v) is 7.10. The average Bonchev–Trinajstić information content (AvgIpc) is 3.40. The van der Waals surface area contributed by atoms with Gasteiger partial charge in [-0.15, -0.1) is 0 Å². The van der Waals surface area contributed by atoms with Gasteiger partial charge in [-0.3, -0.25) is 24.2 Å². The van der Waals surface area contributed by atoms with E-state index in [0.717, 1.165) is 23.4 Å². The van der Waals surface area contributed by atoms with Crippen LogP contribution < -0.4 is 10.9 Å². The molecule has 1 aromatic carbocycles. The minimum atomic E-state index is -0.906. The van der Waals surface area contributed by atoms with Crippen molar-refractivity contribution in [1.82, 2.24) is 24.8 Å². The molecule has 0 spiro atoms. The zero-order chi connectivity index (χ0) is 30.9. The molecule has 1 aliphatic heterocycles. The van der Waals surface area contributed by atoms with E-state index in [1.807, 2.05) is 0 Å². The van der Waals surface area contributed by atoms with E-state index in [0.29, 0.717) is 30.9 Å². The number of pyridine rings is 1. The number of likely N-dealkylation sites (N-methyl/N-ethyl adjacent to an activating group) is 1. The lowest BCUT2D eigenvalue weighted by Gasteiger charge is -2.17. The Bertz CT molecular complexity index is 1590. The van der Waals surface area contributed by atoms with Crippen LogP contribution in [-0.4, -0.2) is 62.9 Å². The maximum Gasteiger partial charge on any atom is 0.289 e. The summed E-state index contributed by atoms with van der Waals surface area (Å²) in [5.41, 5.74) is 4.33. The fourth-order valence-electron chi connectivity index (χ4n) is 4.95. The standard InChI is InChI=1S/C33H38N6O4/c1-22(2)18-23-10-7-11-24-19-26(36-30(23)24)21-39-17-8-12-25(33(39)43)20-28(40)27(13-5-6-14-29(41)38(3)4)37-32(42)31-34-15-9-16-35-31/h6-12,14-17,22,27H,5,13,18-21H2,1-4H3,(H,37,42)/b14-6+/t27-/m0/s1. The smallest absolute Gasteiger partial charge is 0.289 e. The molecule has 3 heterocycles. The highest BCUT2D eigenvalue weighted by atomic mass is 16.2. The molecule has 1 N–H and O–H groups in total. The Kier molecular flexibility index (Phi) is 10.5. The molecule has 0 unspecified atom stereocenters. The molecule has 0 bridgehead atoms. The van der Waals surface area contributed by atoms with Crippen LogP contribution in [0.2, 0.25) is 0 Å². The summed E-state index contributed by atoms with van der Waals surface area (Å²) in [6.45, 7) is 4.69. The van der Waals surface area contributed by atoms with Gasteiger partial charge in [0.15, 0.2) is 5.78 Å². The number of nitrogens with one attached hydrogen (secondary N) is 1. The number of rotatable bonds is 13. The van der Waals surface area contributed by atoms with Gasteiger partial charge in [0.25, 0.3) is 11.5 Å². The summed E-state index contributed by atoms with van der Waals surface area (Å²) >= 11 is 0. The first-order chi connectivity index (χ1) is 20.6. The first-order valence-electron chi connectivity index (χ1n) is 14.5. The maximum atomic E-state index is 13.5. The van der Waals surface area contributed by atoms with Crippen LogP contribution in [0.5, 0.6) is 0 Å². The van der Waals surface area contributed by atoms with Crippen molar-refractivity contribution in [3.8, 4) is 0 Å². The number of carbonyl (C=O) groups is 3. The quantitative estimate of drug-likeness (QED) is 0.308. The fraction of sp³-hybridized carbons (Fsp3) is 0.364. The molecule has 0 radical (unpaired) electrons. The van der Waals surface area contributed by atoms with Crippen molar-refractivity contribution in [3.63, 3.8) is 0 Å². The third kappa shape index (κ3) is 8.41. The number of hydrogen-bond donors (Lipinski definition) is 1. The van der Waals surface area contributed by atoms with Gasteiger partial charge < -0.3 is 14.8 Å². The van der Waals surface area contributed by atoms with Crippen molar-refractivity contribution < 1.29 is 14.4 Å². The fourth-order valence-corrected chi connectivity index (χ4v) is 4.95. The Morgan fingerprint density at radius 2 is 1.79 bits per heavy atom. The number of Topliss-reactive ketones (excluding diaryl/α,β-unsaturated/α-hetero) is 1. The monoisotopic (exact) mass is 582 g/mol. The number of ketones is 1. The Morgan fingerprint density at radius 3 is 2.51 bits per heavy atom. The molecule has 224 valence electrons. The average molecular weight is 583 g/mol. The molecule has 10 nitrogen and oxygen atoms in total. The van der Waals surface area contributed by atoms with Gasteiger partial charge in [0, 0.05) is 56.8 Å². The molecule has 1 atom stereocenters. The second-order valence-corrected chi connectivity index (χ2v) is 11.3. The largest absolute Gasteiger partial charge is 0.345 e. The Balaban J connectivity index is 1.49. The maximum absolute atomic E-state index is 13.5. The van der Waals surface area contributed by atoms with Crippen LogP contribution in [0.3, 0.4) is 0 Å². The lowest BCUT2D eigenvalue weighted by atomic mass is 9.98. The van der Waals surface area contributed by atoms with E-state index in [4.69, 9.17) is 4.99 Å². The molecule has 0 aliphatic carbocycles. The van der Waals surface area contributed by atoms with Gasteiger partial charge in [0.2, 0.25) is 11.7 Å². The molecular formula is C33H38N6O4. The summed E-state index contributed by atoms with van der Waals surface area (Å²) in [5.74, 6) is -0.645. The zero-order valence-corrected chi connectivity index (χ0v) is 25.1. The number of carbonyl (C=O) groups excluding carboxylic acids is 3. The lowest BCUT2D eigenvalue weighted by Crippen LogP contribution is -2.43. The first kappa shape index (κ1) is 31.2. The lowest BCUT2D eigenvalue weighted by molar-refractivity contribution is -0.123. The van der Waals surface area contributed by atoms with E-state index in [1.165, 1.54) is 28.9 Å². The molecule has 0 saturated carbocycles. The molecule has 4 rings (SSSR count). The Morgan fingerprint density at radius 1 is 1.05 bits per heavy atom. The van der Waals surface area contributed by atoms with E-state index in [9.17, 15) is 19.2 Å². The summed E-state index contributed by atoms with van der Waals surface area (Å²) in [4.78, 5) is 65.8. The number of aliphatic imine (C=N–C) groups is 1. The van der Waals surface area contributed by atoms with Gasteiger partial charge in [0.1, 0.15) is 0 Å². The number of allylic oxidation sites excluding steroid dienone is 1. The molecule has 10 heteroatoms. The van der Waals surface area contributed by atoms with Crippen LogP contribution >= 0.6 is 0 Å². The number of benzene rings is 1. The van der Waals surface area contributed by atoms with Crippen molar-refractivity contribution in [3.05, 3.63) is 100 Å². The summed E-state index contributed by atoms with van der Waals surface area (Å²) < 4.78 is 1.58. The molecule has 2 aromatic heterocycles. The van der Waals surface area contributed by atoms with Crippen LogP contribution in [0, 0.1) is 5.92 Å². The van der Waals surface area contributed by atoms with Crippen LogP contribution in [0.1, 0.15) is 54.0 Å². The molecular weight excluding hydrogens is 544 g/mol. The third-order valence-electron chi connectivity index (χ3n) is 7.10. The number of para-hydroxylation sites is 1. The molecule has 43 heavy (non-hydrogen) atoms. The predicted molar refractivity (Wildman–Crippen MR) is 166 cm³/mol. The van der Waals surface area contributed by atoms with Gasteiger partial charge in [-0.2, -0.15) is 0 Å². The zero-order valence-electron chi connectivity index (χ0n) is 25.1. The van der Waals surface area contributed by atoms with Crippen LogP contribution in [0.4, 0.5) is 5.69 Å². The normalized spacial score (nSPS) is 13.1. The first-order valence-corrected chi connectivity index (χ1v) is 14.5. The van der Waals surface area contributed by atoms with E-state index in [2.05, 4.69) is 47.3 Å². The number of nitrogens with zero attached hydrogens (tertiary/aromatic N) is 5. The molecule has 0 fully saturated rings. The highest BCUT2D eigenvalue weighted by Gasteiger charge is 2.24. The van der Waals surface area contributed by atoms with Crippen molar-refractivity contribution in [1.29, 1.82) is 0 Å². The Labute approximate surface area is 251 Å². The van der Waals surface area contributed by atoms with Crippen LogP contribution in [0.25, 0.3) is 0 Å². The predicted octanol–water partition coefficient (Wildman–Crippen LogP) is 3.50. The second kappa shape index (κ2) is 14.4. The minimum absolute atomic E-state index is 0.0596. The van der Waals surface area contributed by atoms with Crippen molar-refractivity contribution >= 4 is 29.0 Å². The van der Waals surface area contributed by atoms with Crippen molar-refractivity contribution in [2.45, 2.75) is 58.5 Å². The summed E-state index contributed by atoms with van der Waals surface area (Å²) in [6.07, 6.45) is 9.74. The summed E-state index contributed by atoms with van der Waals surface area (Å²) in [6, 6.07) is 10.3. The number of fused-ring (bicyclic) bond motifs is 1. The van der Waals surface area contributed by atoms with E-state index in [1.54, 1.807) is 49.1 Å². The molecule has 1 aliphatic rings. The summed E-state index contributed by atoms with van der Waals surface area (Å²) in [7, 11) is 3.29. The highest BCUT2D eigenvalue weighted by molar-refractivity contribution is 5.96. The van der Waals surface area contributed by atoms with Gasteiger partial charge >= 0.3 is 0 Å². The van der Waals surface area contributed by atoms with Crippen molar-refractivity contribution in [2.24, 2.45) is 10.9 Å². The second-order valence-electron chi connectivity index (χ2n) is 11.3. The molecule has 0 saturated heterocycles. The van der Waals surface area contributed by atoms with Gasteiger partial charge in [-0.1, -0.05) is 44.2 Å². The number of hydrogen-bond acceptors (Lipinski definition) is 7. The van der Waals surface area contributed by atoms with Gasteiger partial charge in [-0.05, 0) is 54.5 Å². The van der Waals surface area contributed by atoms with E-state index in [-0.39, 0.29) is 35.9 Å². The van der Waals surface area contributed by atoms with Gasteiger partial charge in [-0.25, -0.2) is 9.97 Å².